The molecule has 7 heteroatoms. The minimum absolute atomic E-state index is 0.153. The highest BCUT2D eigenvalue weighted by atomic mass is 19.1. The maximum Gasteiger partial charge on any atom is 0.272 e. The van der Waals surface area contributed by atoms with E-state index in [1.807, 2.05) is 6.92 Å². The van der Waals surface area contributed by atoms with Gasteiger partial charge in [0.25, 0.3) is 5.69 Å². The molecule has 94 valence electrons. The lowest BCUT2D eigenvalue weighted by molar-refractivity contribution is -0.385. The van der Waals surface area contributed by atoms with Gasteiger partial charge in [-0.05, 0) is 13.0 Å². The fourth-order valence-electron chi connectivity index (χ4n) is 1.55. The zero-order valence-electron chi connectivity index (χ0n) is 9.55. The van der Waals surface area contributed by atoms with E-state index in [0.29, 0.717) is 0 Å². The van der Waals surface area contributed by atoms with E-state index < -0.39 is 10.7 Å². The number of hydrogen-bond donors (Lipinski definition) is 2. The van der Waals surface area contributed by atoms with Gasteiger partial charge in [-0.2, -0.15) is 5.10 Å². The third-order valence-corrected chi connectivity index (χ3v) is 2.55. The fraction of sp³-hybridized carbons (Fsp3) is 0.182. The van der Waals surface area contributed by atoms with Crippen LogP contribution in [0.1, 0.15) is 18.5 Å². The van der Waals surface area contributed by atoms with E-state index in [9.17, 15) is 14.5 Å². The summed E-state index contributed by atoms with van der Waals surface area (Å²) in [5, 5.41) is 19.9. The van der Waals surface area contributed by atoms with Crippen molar-refractivity contribution in [3.63, 3.8) is 0 Å². The summed E-state index contributed by atoms with van der Waals surface area (Å²) in [5.74, 6) is -0.653. The Balaban J connectivity index is 2.17. The molecule has 6 nitrogen and oxygen atoms in total. The molecule has 2 N–H and O–H groups in total. The number of nitrogens with one attached hydrogen (secondary N) is 2. The Hall–Kier alpha value is -2.44. The van der Waals surface area contributed by atoms with Gasteiger partial charge < -0.3 is 5.32 Å². The van der Waals surface area contributed by atoms with Gasteiger partial charge >= 0.3 is 0 Å². The number of aromatic nitrogens is 2. The van der Waals surface area contributed by atoms with E-state index in [2.05, 4.69) is 15.5 Å². The first-order valence-corrected chi connectivity index (χ1v) is 5.27. The summed E-state index contributed by atoms with van der Waals surface area (Å²) in [4.78, 5) is 9.85. The van der Waals surface area contributed by atoms with Crippen molar-refractivity contribution in [2.45, 2.75) is 13.0 Å². The first-order chi connectivity index (χ1) is 8.58. The summed E-state index contributed by atoms with van der Waals surface area (Å²) in [6.45, 7) is 1.84. The highest BCUT2D eigenvalue weighted by Crippen LogP contribution is 2.24. The third-order valence-electron chi connectivity index (χ3n) is 2.55. The van der Waals surface area contributed by atoms with Gasteiger partial charge in [0.05, 0.1) is 28.9 Å². The number of nitro benzene ring substituents is 1. The van der Waals surface area contributed by atoms with E-state index in [0.717, 1.165) is 11.6 Å². The molecule has 0 aliphatic rings. The molecule has 0 spiro atoms. The molecule has 0 saturated heterocycles. The molecule has 1 heterocycles. The average molecular weight is 250 g/mol. The van der Waals surface area contributed by atoms with Crippen LogP contribution in [0, 0.1) is 15.9 Å². The highest BCUT2D eigenvalue weighted by molar-refractivity contribution is 5.51. The third kappa shape index (κ3) is 2.45. The number of nitrogens with zero attached hydrogens (tertiary/aromatic N) is 2. The first kappa shape index (κ1) is 12.0. The topological polar surface area (TPSA) is 83.8 Å². The number of aromatic amines is 1. The predicted octanol–water partition coefficient (Wildman–Crippen LogP) is 2.63. The van der Waals surface area contributed by atoms with E-state index in [1.54, 1.807) is 12.4 Å². The summed E-state index contributed by atoms with van der Waals surface area (Å²) < 4.78 is 13.6. The number of rotatable bonds is 4. The summed E-state index contributed by atoms with van der Waals surface area (Å²) in [7, 11) is 0. The van der Waals surface area contributed by atoms with Crippen molar-refractivity contribution in [2.24, 2.45) is 0 Å². The monoisotopic (exact) mass is 250 g/mol. The van der Waals surface area contributed by atoms with E-state index in [1.165, 1.54) is 12.1 Å². The quantitative estimate of drug-likeness (QED) is 0.645. The summed E-state index contributed by atoms with van der Waals surface area (Å²) >= 11 is 0. The van der Waals surface area contributed by atoms with Crippen LogP contribution in [0.15, 0.2) is 30.6 Å². The number of hydrogen-bond acceptors (Lipinski definition) is 4. The van der Waals surface area contributed by atoms with Crippen molar-refractivity contribution in [3.8, 4) is 0 Å². The van der Waals surface area contributed by atoms with Crippen LogP contribution in [-0.4, -0.2) is 15.1 Å². The maximum atomic E-state index is 13.6. The molecule has 0 saturated carbocycles. The van der Waals surface area contributed by atoms with Gasteiger partial charge in [-0.25, -0.2) is 4.39 Å². The highest BCUT2D eigenvalue weighted by Gasteiger charge is 2.13. The van der Waals surface area contributed by atoms with Crippen molar-refractivity contribution in [2.75, 3.05) is 5.32 Å². The number of nitro groups is 1. The molecule has 0 fully saturated rings. The second-order valence-electron chi connectivity index (χ2n) is 3.82. The van der Waals surface area contributed by atoms with E-state index in [-0.39, 0.29) is 17.4 Å². The van der Waals surface area contributed by atoms with Crippen LogP contribution in [0.4, 0.5) is 15.8 Å². The van der Waals surface area contributed by atoms with E-state index in [4.69, 9.17) is 0 Å². The van der Waals surface area contributed by atoms with Gasteiger partial charge in [0.2, 0.25) is 0 Å². The molecular weight excluding hydrogens is 239 g/mol. The molecule has 2 rings (SSSR count). The van der Waals surface area contributed by atoms with Gasteiger partial charge in [0, 0.05) is 17.8 Å². The first-order valence-electron chi connectivity index (χ1n) is 5.27. The van der Waals surface area contributed by atoms with Crippen LogP contribution in [0.25, 0.3) is 0 Å². The lowest BCUT2D eigenvalue weighted by Gasteiger charge is -2.13. The molecule has 1 aromatic heterocycles. The van der Waals surface area contributed by atoms with Crippen molar-refractivity contribution in [1.29, 1.82) is 0 Å². The van der Waals surface area contributed by atoms with Crippen molar-refractivity contribution in [1.82, 2.24) is 10.2 Å². The lowest BCUT2D eigenvalue weighted by Crippen LogP contribution is -2.07. The van der Waals surface area contributed by atoms with Crippen molar-refractivity contribution >= 4 is 11.4 Å². The smallest absolute Gasteiger partial charge is 0.272 e. The van der Waals surface area contributed by atoms with Crippen molar-refractivity contribution < 1.29 is 9.31 Å². The Bertz CT molecular complexity index is 556. The molecule has 0 aliphatic carbocycles. The van der Waals surface area contributed by atoms with Crippen LogP contribution in [-0.2, 0) is 0 Å². The molecule has 1 unspecified atom stereocenters. The normalized spacial score (nSPS) is 12.1. The number of halogens is 1. The number of anilines is 1. The largest absolute Gasteiger partial charge is 0.376 e. The Morgan fingerprint density at radius 3 is 2.89 bits per heavy atom. The summed E-state index contributed by atoms with van der Waals surface area (Å²) in [5.41, 5.74) is 0.816. The Morgan fingerprint density at radius 2 is 2.33 bits per heavy atom. The standard InChI is InChI=1S/C11H11FN4O2/c1-7(8-5-13-14-6-8)15-11-3-2-9(16(17)18)4-10(11)12/h2-7,15H,1H3,(H,13,14). The van der Waals surface area contributed by atoms with Gasteiger partial charge in [0.1, 0.15) is 0 Å². The SMILES string of the molecule is CC(Nc1ccc([N+](=O)[O-])cc1F)c1cn[nH]c1. The molecule has 0 radical (unpaired) electrons. The van der Waals surface area contributed by atoms with Crippen LogP contribution in [0.5, 0.6) is 0 Å². The minimum atomic E-state index is -0.653. The zero-order chi connectivity index (χ0) is 13.1. The zero-order valence-corrected chi connectivity index (χ0v) is 9.55. The molecule has 2 aromatic rings. The van der Waals surface area contributed by atoms with Crippen LogP contribution < -0.4 is 5.32 Å². The summed E-state index contributed by atoms with van der Waals surface area (Å²) in [6.07, 6.45) is 3.32. The Labute approximate surface area is 102 Å². The molecule has 18 heavy (non-hydrogen) atoms. The molecule has 0 aliphatic heterocycles. The predicted molar refractivity (Wildman–Crippen MR) is 63.7 cm³/mol. The molecular formula is C11H11FN4O2. The Morgan fingerprint density at radius 1 is 1.56 bits per heavy atom. The van der Waals surface area contributed by atoms with Gasteiger partial charge in [0.15, 0.2) is 5.82 Å². The number of H-pyrrole nitrogens is 1. The second kappa shape index (κ2) is 4.82. The van der Waals surface area contributed by atoms with Gasteiger partial charge in [-0.1, -0.05) is 0 Å². The number of non-ortho nitro benzene ring substituents is 1. The second-order valence-corrected chi connectivity index (χ2v) is 3.82. The van der Waals surface area contributed by atoms with Crippen LogP contribution >= 0.6 is 0 Å². The molecule has 1 aromatic carbocycles. The number of benzene rings is 1. The molecule has 1 atom stereocenters. The minimum Gasteiger partial charge on any atom is -0.376 e. The fourth-order valence-corrected chi connectivity index (χ4v) is 1.55. The van der Waals surface area contributed by atoms with Crippen molar-refractivity contribution in [3.05, 3.63) is 52.1 Å². The van der Waals surface area contributed by atoms with E-state index >= 15 is 0 Å². The lowest BCUT2D eigenvalue weighted by atomic mass is 10.1. The molecule has 0 amide bonds. The van der Waals surface area contributed by atoms with Gasteiger partial charge in [-0.15, -0.1) is 0 Å². The van der Waals surface area contributed by atoms with Crippen LogP contribution in [0.2, 0.25) is 0 Å². The maximum absolute atomic E-state index is 13.6. The van der Waals surface area contributed by atoms with Crippen LogP contribution in [0.3, 0.4) is 0 Å². The average Bonchev–Trinajstić information content (AvgIpc) is 2.85. The summed E-state index contributed by atoms with van der Waals surface area (Å²) in [6, 6.07) is 3.35. The molecule has 0 bridgehead atoms. The van der Waals surface area contributed by atoms with Gasteiger partial charge in [-0.3, -0.25) is 15.2 Å². The Kier molecular flexibility index (Phi) is 3.22.